The van der Waals surface area contributed by atoms with Gasteiger partial charge in [-0.25, -0.2) is 0 Å². The molecule has 0 saturated heterocycles. The first kappa shape index (κ1) is 36.3. The number of hydrogen-bond donors (Lipinski definition) is 0. The van der Waals surface area contributed by atoms with Crippen LogP contribution in [0.2, 0.25) is 0 Å². The van der Waals surface area contributed by atoms with Crippen molar-refractivity contribution < 1.29 is 0 Å². The molecule has 0 bridgehead atoms. The van der Waals surface area contributed by atoms with Crippen LogP contribution in [0.15, 0.2) is 168 Å². The van der Waals surface area contributed by atoms with Crippen molar-refractivity contribution in [2.24, 2.45) is 0 Å². The van der Waals surface area contributed by atoms with Crippen molar-refractivity contribution in [1.82, 2.24) is 4.57 Å². The quantitative estimate of drug-likeness (QED) is 0.174. The fraction of sp³-hybridized carbons (Fsp3) is 0.222. The van der Waals surface area contributed by atoms with E-state index in [0.29, 0.717) is 17.8 Å². The van der Waals surface area contributed by atoms with Crippen LogP contribution in [-0.4, -0.2) is 10.3 Å². The van der Waals surface area contributed by atoms with Gasteiger partial charge in [0.25, 0.3) is 0 Å². The molecule has 2 heterocycles. The third kappa shape index (κ3) is 6.29. The number of rotatable bonds is 4. The summed E-state index contributed by atoms with van der Waals surface area (Å²) in [5.74, 6) is 2.12. The molecule has 1 aromatic heterocycles. The summed E-state index contributed by atoms with van der Waals surface area (Å²) in [5.41, 5.74) is 17.6. The highest BCUT2D eigenvalue weighted by Gasteiger charge is 2.37. The lowest BCUT2D eigenvalue weighted by Gasteiger charge is -2.25. The summed E-state index contributed by atoms with van der Waals surface area (Å²) < 4.78 is 2.60. The van der Waals surface area contributed by atoms with Gasteiger partial charge in [-0.3, -0.25) is 0 Å². The van der Waals surface area contributed by atoms with E-state index in [1.165, 1.54) is 82.8 Å². The Kier molecular flexibility index (Phi) is 9.72. The fourth-order valence-electron chi connectivity index (χ4n) is 9.46. The van der Waals surface area contributed by atoms with Gasteiger partial charge in [-0.1, -0.05) is 174 Å². The van der Waals surface area contributed by atoms with Gasteiger partial charge in [0.05, 0.1) is 5.52 Å². The SMILES string of the molecule is CC.CC1/C=C\C2=C(CSc3ccccc31)c1ccc(-n3c4c(c5ccc(-c6ccccc6)cc53)C=CC(c3ccc(C5C=CC=CC5)cc3)C4)cc1C2(C)C. The molecule has 0 amide bonds. The van der Waals surface area contributed by atoms with Crippen LogP contribution in [0, 0.1) is 0 Å². The van der Waals surface area contributed by atoms with Gasteiger partial charge in [-0.15, -0.1) is 11.8 Å². The molecular weight excluding hydrogens is 695 g/mol. The maximum atomic E-state index is 2.60. The van der Waals surface area contributed by atoms with E-state index >= 15 is 0 Å². The van der Waals surface area contributed by atoms with Crippen molar-refractivity contribution in [3.8, 4) is 16.8 Å². The first-order chi connectivity index (χ1) is 27.4. The number of allylic oxidation sites excluding steroid dienone is 8. The fourth-order valence-corrected chi connectivity index (χ4v) is 10.7. The van der Waals surface area contributed by atoms with Crippen LogP contribution in [0.25, 0.3) is 39.4 Å². The Balaban J connectivity index is 0.00000202. The lowest BCUT2D eigenvalue weighted by Crippen LogP contribution is -2.17. The van der Waals surface area contributed by atoms with E-state index in [1.807, 2.05) is 25.6 Å². The van der Waals surface area contributed by atoms with Crippen LogP contribution >= 0.6 is 11.8 Å². The van der Waals surface area contributed by atoms with Gasteiger partial charge in [0.2, 0.25) is 0 Å². The average Bonchev–Trinajstić information content (AvgIpc) is 3.71. The Labute approximate surface area is 337 Å². The van der Waals surface area contributed by atoms with E-state index in [4.69, 9.17) is 0 Å². The summed E-state index contributed by atoms with van der Waals surface area (Å²) in [6.07, 6.45) is 20.7. The number of thioether (sulfide) groups is 1. The lowest BCUT2D eigenvalue weighted by atomic mass is 9.80. The highest BCUT2D eigenvalue weighted by molar-refractivity contribution is 7.99. The minimum atomic E-state index is -0.111. The standard InChI is InChI=1S/C52H45NS.C2H6/c1-34-18-29-47-46(33-54-51-17-11-10-16-42(34)51)43-28-25-41(32-48(43)52(47,2)3)53-49-30-39(36-14-8-5-9-15-36)23-26-44(49)45-27-24-40(31-50(45)53)38-21-19-37(20-22-38)35-12-6-4-7-13-35;1-2/h4-12,14-30,32,34-35,40H,13,31,33H2,1-3H3;1-2H3/b29-18-;. The van der Waals surface area contributed by atoms with E-state index in [0.717, 1.165) is 18.6 Å². The molecule has 4 aliphatic rings. The molecule has 3 atom stereocenters. The molecule has 0 spiro atoms. The van der Waals surface area contributed by atoms with Crippen molar-refractivity contribution in [3.63, 3.8) is 0 Å². The maximum absolute atomic E-state index is 2.60. The van der Waals surface area contributed by atoms with E-state index < -0.39 is 0 Å². The second-order valence-electron chi connectivity index (χ2n) is 16.0. The number of benzene rings is 5. The summed E-state index contributed by atoms with van der Waals surface area (Å²) in [4.78, 5) is 1.39. The molecule has 1 nitrogen and oxygen atoms in total. The lowest BCUT2D eigenvalue weighted by molar-refractivity contribution is 0.652. The molecular formula is C54H51NS. The van der Waals surface area contributed by atoms with E-state index in [2.05, 4.69) is 189 Å². The van der Waals surface area contributed by atoms with Gasteiger partial charge in [0.15, 0.2) is 0 Å². The van der Waals surface area contributed by atoms with Crippen molar-refractivity contribution >= 4 is 34.3 Å². The Morgan fingerprint density at radius 2 is 1.46 bits per heavy atom. The minimum absolute atomic E-state index is 0.111. The number of hydrogen-bond acceptors (Lipinski definition) is 1. The minimum Gasteiger partial charge on any atom is -0.313 e. The smallest absolute Gasteiger partial charge is 0.0543 e. The summed E-state index contributed by atoms with van der Waals surface area (Å²) in [6, 6.07) is 43.6. The zero-order valence-electron chi connectivity index (χ0n) is 33.3. The van der Waals surface area contributed by atoms with E-state index in [1.54, 1.807) is 0 Å². The molecule has 3 aliphatic carbocycles. The first-order valence-corrected chi connectivity index (χ1v) is 21.6. The van der Waals surface area contributed by atoms with Crippen molar-refractivity contribution in [1.29, 1.82) is 0 Å². The second-order valence-corrected chi connectivity index (χ2v) is 17.0. The summed E-state index contributed by atoms with van der Waals surface area (Å²) in [7, 11) is 0. The Bertz CT molecular complexity index is 2590. The largest absolute Gasteiger partial charge is 0.313 e. The van der Waals surface area contributed by atoms with Crippen LogP contribution in [0.1, 0.15) is 97.9 Å². The van der Waals surface area contributed by atoms with Crippen LogP contribution in [0.4, 0.5) is 0 Å². The number of fused-ring (bicyclic) bond motifs is 6. The molecule has 2 heteroatoms. The topological polar surface area (TPSA) is 4.93 Å². The van der Waals surface area contributed by atoms with Gasteiger partial charge in [0, 0.05) is 56.1 Å². The van der Waals surface area contributed by atoms with Crippen molar-refractivity contribution in [2.45, 2.75) is 75.5 Å². The first-order valence-electron chi connectivity index (χ1n) is 20.6. The molecule has 56 heavy (non-hydrogen) atoms. The molecule has 10 rings (SSSR count). The van der Waals surface area contributed by atoms with Gasteiger partial charge >= 0.3 is 0 Å². The normalized spacial score (nSPS) is 20.8. The Morgan fingerprint density at radius 3 is 2.25 bits per heavy atom. The molecule has 0 radical (unpaired) electrons. The Hall–Kier alpha value is -5.31. The highest BCUT2D eigenvalue weighted by atomic mass is 32.2. The monoisotopic (exact) mass is 745 g/mol. The number of aromatic nitrogens is 1. The average molecular weight is 746 g/mol. The highest BCUT2D eigenvalue weighted by Crippen LogP contribution is 2.51. The zero-order chi connectivity index (χ0) is 38.4. The molecule has 5 aromatic carbocycles. The van der Waals surface area contributed by atoms with Crippen LogP contribution in [-0.2, 0) is 11.8 Å². The molecule has 0 saturated carbocycles. The van der Waals surface area contributed by atoms with Crippen LogP contribution in [0.5, 0.6) is 0 Å². The predicted octanol–water partition coefficient (Wildman–Crippen LogP) is 14.8. The van der Waals surface area contributed by atoms with Crippen LogP contribution < -0.4 is 0 Å². The van der Waals surface area contributed by atoms with E-state index in [9.17, 15) is 0 Å². The third-order valence-corrected chi connectivity index (χ3v) is 13.6. The molecule has 1 aliphatic heterocycles. The summed E-state index contributed by atoms with van der Waals surface area (Å²) in [5, 5.41) is 1.32. The maximum Gasteiger partial charge on any atom is 0.0543 e. The van der Waals surface area contributed by atoms with Crippen molar-refractivity contribution in [2.75, 3.05) is 5.75 Å². The van der Waals surface area contributed by atoms with Gasteiger partial charge in [-0.2, -0.15) is 0 Å². The third-order valence-electron chi connectivity index (χ3n) is 12.5. The summed E-state index contributed by atoms with van der Waals surface area (Å²) >= 11 is 1.99. The van der Waals surface area contributed by atoms with Crippen LogP contribution in [0.3, 0.4) is 0 Å². The molecule has 6 aromatic rings. The number of nitrogens with zero attached hydrogens (tertiary/aromatic N) is 1. The van der Waals surface area contributed by atoms with E-state index in [-0.39, 0.29) is 5.41 Å². The van der Waals surface area contributed by atoms with Crippen molar-refractivity contribution in [3.05, 3.63) is 202 Å². The Morgan fingerprint density at radius 1 is 0.696 bits per heavy atom. The zero-order valence-corrected chi connectivity index (χ0v) is 34.1. The summed E-state index contributed by atoms with van der Waals surface area (Å²) in [6.45, 7) is 11.2. The predicted molar refractivity (Wildman–Crippen MR) is 242 cm³/mol. The molecule has 0 N–H and O–H groups in total. The molecule has 3 unspecified atom stereocenters. The molecule has 278 valence electrons. The van der Waals surface area contributed by atoms with Gasteiger partial charge in [0.1, 0.15) is 0 Å². The molecule has 0 fully saturated rings. The second kappa shape index (κ2) is 15.0. The van der Waals surface area contributed by atoms with Gasteiger partial charge < -0.3 is 4.57 Å². The van der Waals surface area contributed by atoms with Gasteiger partial charge in [-0.05, 0) is 87.2 Å².